The number of aliphatic hydroxyl groups excluding tert-OH is 5. The minimum absolute atomic E-state index is 0.214. The largest absolute Gasteiger partial charge is 0.394 e. The van der Waals surface area contributed by atoms with E-state index in [0.29, 0.717) is 6.42 Å². The van der Waals surface area contributed by atoms with Crippen LogP contribution in [0.3, 0.4) is 0 Å². The van der Waals surface area contributed by atoms with E-state index in [-0.39, 0.29) is 18.9 Å². The number of amides is 1. The Kier molecular flexibility index (Phi) is 56.3. The molecule has 0 radical (unpaired) electrons. The van der Waals surface area contributed by atoms with Gasteiger partial charge in [-0.05, 0) is 96.3 Å². The molecule has 0 aromatic rings. The maximum absolute atomic E-state index is 13.1. The minimum atomic E-state index is -1.58. The van der Waals surface area contributed by atoms with Gasteiger partial charge in [-0.1, -0.05) is 295 Å². The molecule has 6 N–H and O–H groups in total. The second-order valence-electron chi connectivity index (χ2n) is 22.5. The van der Waals surface area contributed by atoms with Gasteiger partial charge in [-0.15, -0.1) is 0 Å². The molecule has 9 nitrogen and oxygen atoms in total. The van der Waals surface area contributed by atoms with Gasteiger partial charge in [0.2, 0.25) is 5.91 Å². The molecular weight excluding hydrogens is 1020 g/mol. The number of rotatable bonds is 56. The van der Waals surface area contributed by atoms with E-state index in [0.717, 1.165) is 96.3 Å². The number of carbonyl (C=O) groups is 1. The lowest BCUT2D eigenvalue weighted by Crippen LogP contribution is -2.60. The highest BCUT2D eigenvalue weighted by Gasteiger charge is 2.44. The average molecular weight is 1140 g/mol. The number of allylic oxidation sites excluding steroid dienone is 21. The van der Waals surface area contributed by atoms with Crippen LogP contribution in [-0.2, 0) is 14.3 Å². The van der Waals surface area contributed by atoms with E-state index in [2.05, 4.69) is 141 Å². The molecule has 1 saturated heterocycles. The number of ether oxygens (including phenoxy) is 2. The summed E-state index contributed by atoms with van der Waals surface area (Å²) in [4.78, 5) is 13.1. The first kappa shape index (κ1) is 76.3. The van der Waals surface area contributed by atoms with E-state index in [1.807, 2.05) is 6.08 Å². The first-order chi connectivity index (χ1) is 40.3. The van der Waals surface area contributed by atoms with Gasteiger partial charge >= 0.3 is 0 Å². The SMILES string of the molecule is CC/C=C\C/C=C\C/C=C\C/C=C\C/C=C\C/C=C\C/C=C\C/C=C\C/C=C\C/C=C\CCCCC(=O)NC(COC1OC(CO)C(O)C(O)C1O)C(O)/C=C/CCCCCCCCCCCCCCCCCCCCCCCCCC. The normalized spacial score (nSPS) is 19.2. The Morgan fingerprint density at radius 3 is 1.12 bits per heavy atom. The van der Waals surface area contributed by atoms with Crippen molar-refractivity contribution in [3.05, 3.63) is 134 Å². The van der Waals surface area contributed by atoms with Crippen LogP contribution >= 0.6 is 0 Å². The van der Waals surface area contributed by atoms with E-state index in [1.165, 1.54) is 141 Å². The second kappa shape index (κ2) is 60.5. The van der Waals surface area contributed by atoms with Gasteiger partial charge in [0.1, 0.15) is 24.4 Å². The van der Waals surface area contributed by atoms with Crippen molar-refractivity contribution in [1.82, 2.24) is 5.32 Å². The Bertz CT molecular complexity index is 1750. The Labute approximate surface area is 502 Å². The molecule has 1 fully saturated rings. The van der Waals surface area contributed by atoms with E-state index in [9.17, 15) is 30.3 Å². The lowest BCUT2D eigenvalue weighted by atomic mass is 9.99. The molecule has 0 spiro atoms. The van der Waals surface area contributed by atoms with E-state index >= 15 is 0 Å². The maximum atomic E-state index is 13.1. The minimum Gasteiger partial charge on any atom is -0.394 e. The number of hydrogen-bond donors (Lipinski definition) is 6. The quantitative estimate of drug-likeness (QED) is 0.0261. The highest BCUT2D eigenvalue weighted by molar-refractivity contribution is 5.76. The van der Waals surface area contributed by atoms with Crippen molar-refractivity contribution < 1.29 is 39.8 Å². The molecule has 1 heterocycles. The first-order valence-electron chi connectivity index (χ1n) is 33.4. The van der Waals surface area contributed by atoms with Crippen LogP contribution in [-0.4, -0.2) is 87.5 Å². The summed E-state index contributed by atoms with van der Waals surface area (Å²) < 4.78 is 11.3. The van der Waals surface area contributed by atoms with E-state index < -0.39 is 49.5 Å². The van der Waals surface area contributed by atoms with Crippen LogP contribution in [0.15, 0.2) is 134 Å². The summed E-state index contributed by atoms with van der Waals surface area (Å²) in [6, 6.07) is -0.840. The zero-order chi connectivity index (χ0) is 59.3. The zero-order valence-corrected chi connectivity index (χ0v) is 52.2. The summed E-state index contributed by atoms with van der Waals surface area (Å²) in [5.41, 5.74) is 0. The molecule has 1 amide bonds. The molecule has 468 valence electrons. The monoisotopic (exact) mass is 1140 g/mol. The molecule has 0 aromatic carbocycles. The van der Waals surface area contributed by atoms with Crippen LogP contribution in [0.25, 0.3) is 0 Å². The summed E-state index contributed by atoms with van der Waals surface area (Å²) in [5, 5.41) is 54.7. The molecule has 7 unspecified atom stereocenters. The smallest absolute Gasteiger partial charge is 0.220 e. The van der Waals surface area contributed by atoms with Crippen molar-refractivity contribution in [2.45, 2.75) is 307 Å². The number of unbranched alkanes of at least 4 members (excludes halogenated alkanes) is 26. The molecule has 0 aromatic heterocycles. The van der Waals surface area contributed by atoms with Gasteiger partial charge in [0, 0.05) is 6.42 Å². The van der Waals surface area contributed by atoms with Crippen molar-refractivity contribution in [2.24, 2.45) is 0 Å². The first-order valence-corrected chi connectivity index (χ1v) is 33.4. The third-order valence-corrected chi connectivity index (χ3v) is 15.0. The average Bonchev–Trinajstić information content (AvgIpc) is 3.57. The molecule has 1 aliphatic rings. The Morgan fingerprint density at radius 1 is 0.427 bits per heavy atom. The van der Waals surface area contributed by atoms with Gasteiger partial charge in [0.15, 0.2) is 6.29 Å². The van der Waals surface area contributed by atoms with Gasteiger partial charge in [-0.2, -0.15) is 0 Å². The highest BCUT2D eigenvalue weighted by Crippen LogP contribution is 2.23. The van der Waals surface area contributed by atoms with Crippen LogP contribution in [0.4, 0.5) is 0 Å². The zero-order valence-electron chi connectivity index (χ0n) is 52.2. The Balaban J connectivity index is 2.24. The summed E-state index contributed by atoms with van der Waals surface area (Å²) in [6.07, 6.45) is 85.4. The van der Waals surface area contributed by atoms with E-state index in [1.54, 1.807) is 6.08 Å². The van der Waals surface area contributed by atoms with Crippen molar-refractivity contribution >= 4 is 5.91 Å². The van der Waals surface area contributed by atoms with Crippen LogP contribution in [0.5, 0.6) is 0 Å². The predicted octanol–water partition coefficient (Wildman–Crippen LogP) is 18.0. The van der Waals surface area contributed by atoms with Gasteiger partial charge in [-0.3, -0.25) is 4.79 Å². The Morgan fingerprint density at radius 2 is 0.756 bits per heavy atom. The molecule has 0 aliphatic carbocycles. The second-order valence-corrected chi connectivity index (χ2v) is 22.5. The third kappa shape index (κ3) is 48.7. The number of nitrogens with one attached hydrogen (secondary N) is 1. The summed E-state index contributed by atoms with van der Waals surface area (Å²) in [7, 11) is 0. The van der Waals surface area contributed by atoms with Crippen LogP contribution in [0, 0.1) is 0 Å². The van der Waals surface area contributed by atoms with E-state index in [4.69, 9.17) is 9.47 Å². The molecular formula is C73H123NO8. The summed E-state index contributed by atoms with van der Waals surface area (Å²) >= 11 is 0. The number of hydrogen-bond acceptors (Lipinski definition) is 8. The van der Waals surface area contributed by atoms with Crippen molar-refractivity contribution in [1.29, 1.82) is 0 Å². The van der Waals surface area contributed by atoms with Gasteiger partial charge in [0.25, 0.3) is 0 Å². The van der Waals surface area contributed by atoms with Crippen molar-refractivity contribution in [2.75, 3.05) is 13.2 Å². The molecule has 1 rings (SSSR count). The van der Waals surface area contributed by atoms with Gasteiger partial charge < -0.3 is 40.3 Å². The van der Waals surface area contributed by atoms with Crippen molar-refractivity contribution in [3.8, 4) is 0 Å². The molecule has 7 atom stereocenters. The predicted molar refractivity (Wildman–Crippen MR) is 350 cm³/mol. The molecule has 0 bridgehead atoms. The fraction of sp³-hybridized carbons (Fsp3) is 0.685. The van der Waals surface area contributed by atoms with Crippen molar-refractivity contribution in [3.63, 3.8) is 0 Å². The summed E-state index contributed by atoms with van der Waals surface area (Å²) in [6.45, 7) is 3.65. The number of carbonyl (C=O) groups excluding carboxylic acids is 1. The summed E-state index contributed by atoms with van der Waals surface area (Å²) in [5.74, 6) is -0.222. The molecule has 82 heavy (non-hydrogen) atoms. The molecule has 1 aliphatic heterocycles. The molecule has 0 saturated carbocycles. The van der Waals surface area contributed by atoms with Gasteiger partial charge in [0.05, 0.1) is 25.4 Å². The topological polar surface area (TPSA) is 149 Å². The highest BCUT2D eigenvalue weighted by atomic mass is 16.7. The lowest BCUT2D eigenvalue weighted by molar-refractivity contribution is -0.302. The van der Waals surface area contributed by atoms with Crippen LogP contribution in [0.2, 0.25) is 0 Å². The fourth-order valence-electron chi connectivity index (χ4n) is 9.77. The third-order valence-electron chi connectivity index (χ3n) is 15.0. The maximum Gasteiger partial charge on any atom is 0.220 e. The standard InChI is InChI=1S/C73H123NO8/c1-3-5-7-9-11-13-15-17-19-21-23-25-27-29-31-32-33-34-35-36-37-39-41-43-45-47-49-51-53-55-57-59-61-63-69(77)74-66(65-81-73-72(80)71(79)70(78)68(64-75)82-73)67(76)62-60-58-56-54-52-50-48-46-44-42-40-38-30-28-26-24-22-20-18-16-14-12-10-8-6-4-2/h5,7,11,13,17,19,23,25,29,31,33-34,36-37,41,43,47,49,53,55,60,62,66-68,70-73,75-76,78-80H,3-4,6,8-10,12,14-16,18,20-22,24,26-28,30,32,35,38-40,42,44-46,48,50-52,54,56-59,61,63-65H2,1-2H3,(H,74,77)/b7-5-,13-11-,19-17-,25-23-,31-29-,34-33-,37-36-,43-41-,49-47-,55-53-,62-60+. The Hall–Kier alpha value is -3.67. The lowest BCUT2D eigenvalue weighted by Gasteiger charge is -2.40. The molecule has 9 heteroatoms. The number of aliphatic hydroxyl groups is 5. The van der Waals surface area contributed by atoms with Crippen LogP contribution < -0.4 is 5.32 Å². The van der Waals surface area contributed by atoms with Crippen LogP contribution in [0.1, 0.15) is 264 Å². The fourth-order valence-corrected chi connectivity index (χ4v) is 9.77. The van der Waals surface area contributed by atoms with Gasteiger partial charge in [-0.25, -0.2) is 0 Å².